The van der Waals surface area contributed by atoms with E-state index in [4.69, 9.17) is 11.6 Å². The number of hydrogen-bond acceptors (Lipinski definition) is 4. The second-order valence-electron chi connectivity index (χ2n) is 5.25. The molecule has 0 aliphatic carbocycles. The largest absolute Gasteiger partial charge is 0.505 e. The first-order valence-electron chi connectivity index (χ1n) is 7.30. The van der Waals surface area contributed by atoms with Crippen LogP contribution < -0.4 is 0 Å². The molecule has 0 saturated carbocycles. The van der Waals surface area contributed by atoms with Crippen LogP contribution in [-0.4, -0.2) is 17.1 Å². The molecule has 0 saturated heterocycles. The number of alkyl halides is 6. The van der Waals surface area contributed by atoms with Gasteiger partial charge in [0.2, 0.25) is 0 Å². The van der Waals surface area contributed by atoms with Crippen molar-refractivity contribution in [3.8, 4) is 0 Å². The lowest BCUT2D eigenvalue weighted by atomic mass is 10.1. The predicted molar refractivity (Wildman–Crippen MR) is 88.0 cm³/mol. The number of benzene rings is 2. The molecule has 0 unspecified atom stereocenters. The van der Waals surface area contributed by atoms with Crippen molar-refractivity contribution in [1.82, 2.24) is 0 Å². The van der Waals surface area contributed by atoms with E-state index in [0.29, 0.717) is 12.1 Å². The molecule has 0 fully saturated rings. The van der Waals surface area contributed by atoms with Crippen molar-refractivity contribution in [2.24, 2.45) is 10.2 Å². The molecule has 2 aromatic carbocycles. The molecule has 2 rings (SSSR count). The number of aliphatic hydroxyl groups is 1. The fraction of sp³-hybridized carbons (Fsp3) is 0.118. The Bertz CT molecular complexity index is 937. The van der Waals surface area contributed by atoms with Crippen molar-refractivity contribution in [3.05, 3.63) is 70.4 Å². The van der Waals surface area contributed by atoms with Gasteiger partial charge in [-0.2, -0.15) is 26.3 Å². The van der Waals surface area contributed by atoms with Gasteiger partial charge < -0.3 is 5.11 Å². The van der Waals surface area contributed by atoms with E-state index in [0.717, 1.165) is 6.07 Å². The lowest BCUT2D eigenvalue weighted by Crippen LogP contribution is -2.24. The maximum absolute atomic E-state index is 12.8. The van der Waals surface area contributed by atoms with Crippen molar-refractivity contribution in [2.75, 3.05) is 0 Å². The molecule has 2 aromatic rings. The topological polar surface area (TPSA) is 62.0 Å². The average molecular weight is 423 g/mol. The minimum absolute atomic E-state index is 0.177. The maximum Gasteiger partial charge on any atom is 0.456 e. The molecule has 0 bridgehead atoms. The van der Waals surface area contributed by atoms with Crippen molar-refractivity contribution >= 4 is 28.8 Å². The molecule has 4 nitrogen and oxygen atoms in total. The number of ketones is 1. The highest BCUT2D eigenvalue weighted by Gasteiger charge is 2.43. The monoisotopic (exact) mass is 422 g/mol. The number of carbonyl (C=O) groups excluding carboxylic acids is 1. The van der Waals surface area contributed by atoms with E-state index >= 15 is 0 Å². The van der Waals surface area contributed by atoms with Crippen LogP contribution in [0.5, 0.6) is 0 Å². The van der Waals surface area contributed by atoms with Gasteiger partial charge in [-0.1, -0.05) is 41.9 Å². The first kappa shape index (κ1) is 21.4. The smallest absolute Gasteiger partial charge is 0.456 e. The van der Waals surface area contributed by atoms with Crippen molar-refractivity contribution in [3.63, 3.8) is 0 Å². The van der Waals surface area contributed by atoms with Crippen LogP contribution in [0.15, 0.2) is 64.5 Å². The lowest BCUT2D eigenvalue weighted by Gasteiger charge is -2.09. The molecule has 0 atom stereocenters. The van der Waals surface area contributed by atoms with Crippen LogP contribution in [0.4, 0.5) is 32.0 Å². The van der Waals surface area contributed by atoms with Gasteiger partial charge >= 0.3 is 12.4 Å². The summed E-state index contributed by atoms with van der Waals surface area (Å²) in [7, 11) is 0. The summed E-state index contributed by atoms with van der Waals surface area (Å²) in [5.41, 5.74) is -3.48. The van der Waals surface area contributed by atoms with Gasteiger partial charge in [-0.25, -0.2) is 0 Å². The number of azo groups is 1. The minimum Gasteiger partial charge on any atom is -0.505 e. The van der Waals surface area contributed by atoms with Crippen molar-refractivity contribution in [2.45, 2.75) is 12.4 Å². The number of Topliss-reactive ketones (excluding diaryl/α,β-unsaturated/α-hetero) is 1. The third kappa shape index (κ3) is 5.10. The van der Waals surface area contributed by atoms with E-state index < -0.39 is 40.8 Å². The fourth-order valence-electron chi connectivity index (χ4n) is 1.94. The van der Waals surface area contributed by atoms with E-state index in [2.05, 4.69) is 10.2 Å². The first-order chi connectivity index (χ1) is 12.9. The van der Waals surface area contributed by atoms with Gasteiger partial charge in [0.25, 0.3) is 5.78 Å². The summed E-state index contributed by atoms with van der Waals surface area (Å²) in [6.45, 7) is 0. The zero-order valence-electron chi connectivity index (χ0n) is 13.5. The summed E-state index contributed by atoms with van der Waals surface area (Å²) in [6, 6.07) is 8.57. The molecule has 0 spiro atoms. The van der Waals surface area contributed by atoms with Crippen LogP contribution in [0.1, 0.15) is 11.1 Å². The lowest BCUT2D eigenvalue weighted by molar-refractivity contribution is -0.166. The number of allylic oxidation sites excluding steroid dienone is 1. The number of halogens is 7. The Kier molecular flexibility index (Phi) is 6.13. The number of aliphatic hydroxyl groups excluding tert-OH is 1. The number of carbonyl (C=O) groups is 1. The molecule has 0 amide bonds. The standard InChI is InChI=1S/C17H9ClF6N2O2/c18-11-7-6-10(16(19,20)21)8-12(11)25-26-13(15(28)17(22,23)24)14(27)9-4-2-1-3-5-9/h1-8,27H. The Morgan fingerprint density at radius 3 is 2.11 bits per heavy atom. The molecule has 11 heteroatoms. The molecule has 0 aliphatic rings. The average Bonchev–Trinajstić information content (AvgIpc) is 2.61. The van der Waals surface area contributed by atoms with Crippen molar-refractivity contribution < 1.29 is 36.2 Å². The number of hydrogen-bond donors (Lipinski definition) is 1. The van der Waals surface area contributed by atoms with Gasteiger partial charge in [-0.3, -0.25) is 4.79 Å². The molecule has 0 aliphatic heterocycles. The Morgan fingerprint density at radius 1 is 0.964 bits per heavy atom. The number of nitrogens with zero attached hydrogens (tertiary/aromatic N) is 2. The second kappa shape index (κ2) is 8.01. The van der Waals surface area contributed by atoms with Crippen LogP contribution in [-0.2, 0) is 11.0 Å². The minimum atomic E-state index is -5.41. The molecular formula is C17H9ClF6N2O2. The fourth-order valence-corrected chi connectivity index (χ4v) is 2.09. The van der Waals surface area contributed by atoms with E-state index in [1.54, 1.807) is 0 Å². The highest BCUT2D eigenvalue weighted by Crippen LogP contribution is 2.36. The predicted octanol–water partition coefficient (Wildman–Crippen LogP) is 6.50. The summed E-state index contributed by atoms with van der Waals surface area (Å²) in [4.78, 5) is 11.6. The van der Waals surface area contributed by atoms with Crippen LogP contribution in [0.3, 0.4) is 0 Å². The molecule has 1 N–H and O–H groups in total. The normalized spacial score (nSPS) is 13.5. The van der Waals surface area contributed by atoms with Gasteiger partial charge in [0.1, 0.15) is 5.69 Å². The molecule has 28 heavy (non-hydrogen) atoms. The Morgan fingerprint density at radius 2 is 1.57 bits per heavy atom. The molecule has 0 radical (unpaired) electrons. The Balaban J connectivity index is 2.57. The van der Waals surface area contributed by atoms with E-state index in [-0.39, 0.29) is 10.6 Å². The molecular weight excluding hydrogens is 414 g/mol. The number of rotatable bonds is 4. The van der Waals surface area contributed by atoms with Gasteiger partial charge in [0, 0.05) is 5.56 Å². The van der Waals surface area contributed by atoms with Gasteiger partial charge in [-0.05, 0) is 18.2 Å². The summed E-state index contributed by atoms with van der Waals surface area (Å²) >= 11 is 5.69. The SMILES string of the molecule is O=C(C(N=Nc1cc(C(F)(F)F)ccc1Cl)=C(O)c1ccccc1)C(F)(F)F. The van der Waals surface area contributed by atoms with Crippen LogP contribution >= 0.6 is 11.6 Å². The van der Waals surface area contributed by atoms with Gasteiger partial charge in [0.05, 0.1) is 10.6 Å². The van der Waals surface area contributed by atoms with E-state index in [1.165, 1.54) is 30.3 Å². The summed E-state index contributed by atoms with van der Waals surface area (Å²) < 4.78 is 76.8. The van der Waals surface area contributed by atoms with Crippen LogP contribution in [0, 0.1) is 0 Å². The van der Waals surface area contributed by atoms with Gasteiger partial charge in [-0.15, -0.1) is 10.2 Å². The van der Waals surface area contributed by atoms with Crippen LogP contribution in [0.2, 0.25) is 5.02 Å². The Hall–Kier alpha value is -2.88. The highest BCUT2D eigenvalue weighted by atomic mass is 35.5. The molecule has 0 aromatic heterocycles. The quantitative estimate of drug-likeness (QED) is 0.264. The second-order valence-corrected chi connectivity index (χ2v) is 5.66. The highest BCUT2D eigenvalue weighted by molar-refractivity contribution is 6.33. The zero-order valence-corrected chi connectivity index (χ0v) is 14.3. The summed E-state index contributed by atoms with van der Waals surface area (Å²) in [5.74, 6) is -3.67. The third-order valence-corrected chi connectivity index (χ3v) is 3.59. The zero-order chi connectivity index (χ0) is 21.1. The Labute approximate surface area is 158 Å². The van der Waals surface area contributed by atoms with Crippen LogP contribution in [0.25, 0.3) is 5.76 Å². The van der Waals surface area contributed by atoms with E-state index in [9.17, 15) is 36.2 Å². The van der Waals surface area contributed by atoms with E-state index in [1.807, 2.05) is 0 Å². The molecule has 148 valence electrons. The summed E-state index contributed by atoms with van der Waals surface area (Å²) in [5, 5.41) is 16.0. The van der Waals surface area contributed by atoms with Crippen molar-refractivity contribution in [1.29, 1.82) is 0 Å². The maximum atomic E-state index is 12.8. The molecule has 0 heterocycles. The summed E-state index contributed by atoms with van der Waals surface area (Å²) in [6.07, 6.45) is -10.2. The first-order valence-corrected chi connectivity index (χ1v) is 7.67. The third-order valence-electron chi connectivity index (χ3n) is 3.28. The van der Waals surface area contributed by atoms with Gasteiger partial charge in [0.15, 0.2) is 11.5 Å².